The summed E-state index contributed by atoms with van der Waals surface area (Å²) in [4.78, 5) is 0. The first-order chi connectivity index (χ1) is 11.6. The first kappa shape index (κ1) is 24.8. The summed E-state index contributed by atoms with van der Waals surface area (Å²) in [6.07, 6.45) is 6.43. The van der Waals surface area contributed by atoms with Gasteiger partial charge in [0.05, 0.1) is 0 Å². The summed E-state index contributed by atoms with van der Waals surface area (Å²) in [6, 6.07) is 3.29. The number of rotatable bonds is 17. The standard InChI is InChI=1S/C6H15OSi.3C4H9O.Ti/c1-4-8(7,5-2)6-3;3*1-2-3-4-5;/h4-6H2,1-3H3;3*2-4H2,1H3;/q4*-1;+4. The van der Waals surface area contributed by atoms with Crippen molar-refractivity contribution in [2.24, 2.45) is 0 Å². The fraction of sp³-hybridized carbons (Fsp3) is 1.00. The van der Waals surface area contributed by atoms with E-state index in [9.17, 15) is 0 Å². The van der Waals surface area contributed by atoms with Crippen molar-refractivity contribution in [3.63, 3.8) is 0 Å². The molecule has 0 amide bonds. The van der Waals surface area contributed by atoms with E-state index in [-0.39, 0.29) is 0 Å². The van der Waals surface area contributed by atoms with Crippen molar-refractivity contribution in [2.75, 3.05) is 19.8 Å². The predicted molar refractivity (Wildman–Crippen MR) is 101 cm³/mol. The third-order valence-electron chi connectivity index (χ3n) is 4.60. The van der Waals surface area contributed by atoms with Gasteiger partial charge < -0.3 is 0 Å². The van der Waals surface area contributed by atoms with Crippen LogP contribution in [0.4, 0.5) is 0 Å². The van der Waals surface area contributed by atoms with Crippen LogP contribution in [-0.4, -0.2) is 28.1 Å². The zero-order chi connectivity index (χ0) is 18.3. The van der Waals surface area contributed by atoms with E-state index in [0.29, 0.717) is 19.8 Å². The first-order valence-corrected chi connectivity index (χ1v) is 15.3. The quantitative estimate of drug-likeness (QED) is 0.214. The van der Waals surface area contributed by atoms with E-state index < -0.39 is 26.5 Å². The fourth-order valence-electron chi connectivity index (χ4n) is 2.47. The van der Waals surface area contributed by atoms with Crippen molar-refractivity contribution in [3.8, 4) is 0 Å². The van der Waals surface area contributed by atoms with Gasteiger partial charge in [-0.2, -0.15) is 0 Å². The van der Waals surface area contributed by atoms with Crippen LogP contribution in [0.5, 0.6) is 0 Å². The minimum atomic E-state index is -3.65. The molecule has 6 heteroatoms. The Bertz CT molecular complexity index is 253. The average Bonchev–Trinajstić information content (AvgIpc) is 2.60. The zero-order valence-electron chi connectivity index (χ0n) is 17.1. The van der Waals surface area contributed by atoms with Crippen LogP contribution in [-0.2, 0) is 31.1 Å². The Morgan fingerprint density at radius 3 is 1.17 bits per heavy atom. The van der Waals surface area contributed by atoms with E-state index >= 15 is 0 Å². The maximum absolute atomic E-state index is 6.77. The molecule has 0 spiro atoms. The van der Waals surface area contributed by atoms with Crippen molar-refractivity contribution in [3.05, 3.63) is 0 Å². The Balaban J connectivity index is 5.23. The molecule has 0 aliphatic heterocycles. The van der Waals surface area contributed by atoms with E-state index in [1.165, 1.54) is 0 Å². The van der Waals surface area contributed by atoms with Crippen LogP contribution in [0, 0.1) is 0 Å². The van der Waals surface area contributed by atoms with Gasteiger partial charge in [-0.15, -0.1) is 0 Å². The van der Waals surface area contributed by atoms with Gasteiger partial charge in [0.15, 0.2) is 0 Å². The first-order valence-electron chi connectivity index (χ1n) is 10.2. The molecule has 0 N–H and O–H groups in total. The van der Waals surface area contributed by atoms with Crippen molar-refractivity contribution in [2.45, 2.75) is 98.2 Å². The molecule has 0 aliphatic rings. The van der Waals surface area contributed by atoms with E-state index in [4.69, 9.17) is 13.0 Å². The molecule has 0 saturated heterocycles. The van der Waals surface area contributed by atoms with Crippen LogP contribution in [0.3, 0.4) is 0 Å². The van der Waals surface area contributed by atoms with E-state index in [0.717, 1.165) is 56.7 Å². The zero-order valence-corrected chi connectivity index (χ0v) is 19.7. The Morgan fingerprint density at radius 1 is 0.583 bits per heavy atom. The molecule has 4 nitrogen and oxygen atoms in total. The molecular weight excluding hydrogens is 356 g/mol. The van der Waals surface area contributed by atoms with Crippen molar-refractivity contribution < 1.29 is 31.1 Å². The molecule has 0 aromatic heterocycles. The molecule has 0 unspecified atom stereocenters. The molecule has 0 fully saturated rings. The molecule has 146 valence electrons. The fourth-order valence-corrected chi connectivity index (χ4v) is 12.7. The summed E-state index contributed by atoms with van der Waals surface area (Å²) < 4.78 is 25.6. The van der Waals surface area contributed by atoms with Gasteiger partial charge in [0, 0.05) is 0 Å². The second kappa shape index (κ2) is 14.9. The van der Waals surface area contributed by atoms with Gasteiger partial charge >= 0.3 is 157 Å². The minimum absolute atomic E-state index is 0.691. The second-order valence-corrected chi connectivity index (χ2v) is 15.0. The molecule has 0 saturated carbocycles. The Morgan fingerprint density at radius 2 is 0.917 bits per heavy atom. The van der Waals surface area contributed by atoms with Gasteiger partial charge in [-0.1, -0.05) is 0 Å². The summed E-state index contributed by atoms with van der Waals surface area (Å²) >= 11 is -3.65. The van der Waals surface area contributed by atoms with Crippen LogP contribution in [0.25, 0.3) is 0 Å². The molecule has 0 aliphatic carbocycles. The number of hydrogen-bond acceptors (Lipinski definition) is 4. The summed E-state index contributed by atoms with van der Waals surface area (Å²) in [7, 11) is -1.83. The summed E-state index contributed by atoms with van der Waals surface area (Å²) in [5.74, 6) is 0. The maximum atomic E-state index is 6.77. The van der Waals surface area contributed by atoms with Gasteiger partial charge in [-0.05, 0) is 0 Å². The van der Waals surface area contributed by atoms with Crippen LogP contribution < -0.4 is 0 Å². The van der Waals surface area contributed by atoms with Gasteiger partial charge in [0.2, 0.25) is 0 Å². The molecule has 0 rings (SSSR count). The molecule has 0 radical (unpaired) electrons. The van der Waals surface area contributed by atoms with E-state index in [1.807, 2.05) is 0 Å². The number of unbranched alkanes of at least 4 members (excludes halogenated alkanes) is 3. The average molecular weight is 398 g/mol. The normalized spacial score (nSPS) is 12.8. The molecule has 0 bridgehead atoms. The molecule has 0 aromatic rings. The van der Waals surface area contributed by atoms with Crippen LogP contribution in [0.15, 0.2) is 0 Å². The monoisotopic (exact) mass is 398 g/mol. The number of hydrogen-bond donors (Lipinski definition) is 0. The summed E-state index contributed by atoms with van der Waals surface area (Å²) in [5.41, 5.74) is 0. The molecule has 0 aromatic carbocycles. The molecule has 24 heavy (non-hydrogen) atoms. The van der Waals surface area contributed by atoms with Gasteiger partial charge in [-0.3, -0.25) is 0 Å². The summed E-state index contributed by atoms with van der Waals surface area (Å²) in [5, 5.41) is 0. The van der Waals surface area contributed by atoms with Gasteiger partial charge in [-0.25, -0.2) is 0 Å². The topological polar surface area (TPSA) is 36.9 Å². The van der Waals surface area contributed by atoms with Crippen molar-refractivity contribution in [1.29, 1.82) is 0 Å². The van der Waals surface area contributed by atoms with Gasteiger partial charge in [0.25, 0.3) is 0 Å². The molecular formula is C18H42O4SiTi. The van der Waals surface area contributed by atoms with Gasteiger partial charge in [0.1, 0.15) is 0 Å². The Labute approximate surface area is 157 Å². The van der Waals surface area contributed by atoms with Crippen molar-refractivity contribution in [1.82, 2.24) is 0 Å². The Hall–Kier alpha value is 0.771. The summed E-state index contributed by atoms with van der Waals surface area (Å²) in [6.45, 7) is 15.3. The molecule has 0 heterocycles. The Kier molecular flexibility index (Phi) is 15.4. The third kappa shape index (κ3) is 9.46. The SMILES string of the molecule is CCCC[O][Ti]([O]CCCC)([O]CCCC)[O][Si](CC)(CC)CC. The van der Waals surface area contributed by atoms with Crippen molar-refractivity contribution >= 4 is 8.32 Å². The predicted octanol–water partition coefficient (Wildman–Crippen LogP) is 6.27. The molecule has 0 atom stereocenters. The van der Waals surface area contributed by atoms with Crippen LogP contribution in [0.2, 0.25) is 18.1 Å². The van der Waals surface area contributed by atoms with E-state index in [1.54, 1.807) is 0 Å². The van der Waals surface area contributed by atoms with E-state index in [2.05, 4.69) is 41.5 Å². The third-order valence-corrected chi connectivity index (χ3v) is 15.0. The van der Waals surface area contributed by atoms with Crippen LogP contribution >= 0.6 is 0 Å². The second-order valence-electron chi connectivity index (χ2n) is 6.45. The van der Waals surface area contributed by atoms with Crippen LogP contribution in [0.1, 0.15) is 80.1 Å².